The van der Waals surface area contributed by atoms with Crippen LogP contribution in [0.15, 0.2) is 12.3 Å². The summed E-state index contributed by atoms with van der Waals surface area (Å²) >= 11 is 0. The van der Waals surface area contributed by atoms with Crippen molar-refractivity contribution in [1.82, 2.24) is 9.88 Å². The zero-order chi connectivity index (χ0) is 15.8. The Bertz CT molecular complexity index is 618. The molecular weight excluding hydrogens is 284 g/mol. The molecule has 2 rings (SSSR count). The molecule has 1 atom stereocenters. The molecule has 0 radical (unpaired) electrons. The molecule has 1 aromatic rings. The van der Waals surface area contributed by atoms with E-state index in [0.29, 0.717) is 6.54 Å². The average molecular weight is 310 g/mol. The van der Waals surface area contributed by atoms with E-state index < -0.39 is 9.84 Å². The van der Waals surface area contributed by atoms with Gasteiger partial charge < -0.3 is 0 Å². The third-order valence-corrected chi connectivity index (χ3v) is 5.68. The van der Waals surface area contributed by atoms with Crippen LogP contribution in [-0.2, 0) is 21.8 Å². The molecule has 1 aliphatic heterocycles. The maximum Gasteiger partial charge on any atom is 0.151 e. The fourth-order valence-electron chi connectivity index (χ4n) is 3.05. The number of hydrogen-bond donors (Lipinski definition) is 0. The van der Waals surface area contributed by atoms with Crippen molar-refractivity contribution >= 4 is 9.84 Å². The topological polar surface area (TPSA) is 50.3 Å². The van der Waals surface area contributed by atoms with Crippen molar-refractivity contribution < 1.29 is 8.42 Å². The minimum Gasteiger partial charge on any atom is -0.298 e. The minimum atomic E-state index is -2.92. The van der Waals surface area contributed by atoms with Crippen LogP contribution in [0, 0.1) is 6.92 Å². The van der Waals surface area contributed by atoms with Gasteiger partial charge in [-0.2, -0.15) is 0 Å². The summed E-state index contributed by atoms with van der Waals surface area (Å²) in [6, 6.07) is 2.18. The molecule has 1 aliphatic rings. The number of likely N-dealkylation sites (tertiary alicyclic amines) is 1. The lowest BCUT2D eigenvalue weighted by molar-refractivity contribution is 0.330. The van der Waals surface area contributed by atoms with Crippen LogP contribution >= 0.6 is 0 Å². The number of nitrogens with zero attached hydrogens (tertiary/aromatic N) is 2. The van der Waals surface area contributed by atoms with E-state index in [1.54, 1.807) is 0 Å². The van der Waals surface area contributed by atoms with Crippen molar-refractivity contribution in [2.45, 2.75) is 51.3 Å². The average Bonchev–Trinajstić information content (AvgIpc) is 2.75. The first-order valence-corrected chi connectivity index (χ1v) is 9.40. The number of aryl methyl sites for hydroxylation is 1. The lowest BCUT2D eigenvalue weighted by Gasteiger charge is -2.22. The summed E-state index contributed by atoms with van der Waals surface area (Å²) in [6.45, 7) is 10.9. The molecule has 5 heteroatoms. The van der Waals surface area contributed by atoms with Crippen molar-refractivity contribution in [3.63, 3.8) is 0 Å². The predicted molar refractivity (Wildman–Crippen MR) is 86.2 cm³/mol. The highest BCUT2D eigenvalue weighted by atomic mass is 32.2. The SMILES string of the molecule is Cc1cc(CN2CCC(S(C)(=O)=O)C2)cnc1C(C)(C)C. The van der Waals surface area contributed by atoms with E-state index in [0.717, 1.165) is 30.8 Å². The second kappa shape index (κ2) is 5.69. The van der Waals surface area contributed by atoms with Gasteiger partial charge in [0.05, 0.1) is 5.25 Å². The van der Waals surface area contributed by atoms with Crippen LogP contribution in [0.1, 0.15) is 44.0 Å². The molecule has 4 nitrogen and oxygen atoms in total. The molecule has 1 saturated heterocycles. The first kappa shape index (κ1) is 16.4. The molecular formula is C16H26N2O2S. The van der Waals surface area contributed by atoms with Crippen LogP contribution in [0.5, 0.6) is 0 Å². The summed E-state index contributed by atoms with van der Waals surface area (Å²) in [7, 11) is -2.92. The Balaban J connectivity index is 2.07. The van der Waals surface area contributed by atoms with Gasteiger partial charge in [0.2, 0.25) is 0 Å². The van der Waals surface area contributed by atoms with Crippen LogP contribution < -0.4 is 0 Å². The van der Waals surface area contributed by atoms with E-state index in [-0.39, 0.29) is 10.7 Å². The molecule has 0 saturated carbocycles. The molecule has 1 unspecified atom stereocenters. The molecule has 0 N–H and O–H groups in total. The molecule has 2 heterocycles. The number of pyridine rings is 1. The number of aromatic nitrogens is 1. The Morgan fingerprint density at radius 2 is 2.05 bits per heavy atom. The van der Waals surface area contributed by atoms with E-state index in [9.17, 15) is 8.42 Å². The highest BCUT2D eigenvalue weighted by Crippen LogP contribution is 2.25. The fourth-order valence-corrected chi connectivity index (χ4v) is 4.07. The Morgan fingerprint density at radius 1 is 1.38 bits per heavy atom. The van der Waals surface area contributed by atoms with E-state index in [4.69, 9.17) is 0 Å². The van der Waals surface area contributed by atoms with Crippen molar-refractivity contribution in [2.75, 3.05) is 19.3 Å². The summed E-state index contributed by atoms with van der Waals surface area (Å²) in [6.07, 6.45) is 4.01. The van der Waals surface area contributed by atoms with Crippen LogP contribution in [0.2, 0.25) is 0 Å². The van der Waals surface area contributed by atoms with Gasteiger partial charge >= 0.3 is 0 Å². The smallest absolute Gasteiger partial charge is 0.151 e. The zero-order valence-electron chi connectivity index (χ0n) is 13.7. The quantitative estimate of drug-likeness (QED) is 0.859. The molecule has 0 bridgehead atoms. The Morgan fingerprint density at radius 3 is 2.52 bits per heavy atom. The van der Waals surface area contributed by atoms with Gasteiger partial charge in [-0.25, -0.2) is 8.42 Å². The van der Waals surface area contributed by atoms with Gasteiger partial charge in [0.25, 0.3) is 0 Å². The predicted octanol–water partition coefficient (Wildman–Crippen LogP) is 2.31. The summed E-state index contributed by atoms with van der Waals surface area (Å²) in [4.78, 5) is 6.82. The van der Waals surface area contributed by atoms with Crippen molar-refractivity contribution in [3.05, 3.63) is 29.1 Å². The Hall–Kier alpha value is -0.940. The minimum absolute atomic E-state index is 0.0532. The number of sulfone groups is 1. The molecule has 1 aromatic heterocycles. The highest BCUT2D eigenvalue weighted by molar-refractivity contribution is 7.91. The largest absolute Gasteiger partial charge is 0.298 e. The summed E-state index contributed by atoms with van der Waals surface area (Å²) in [5, 5.41) is -0.208. The second-order valence-corrected chi connectivity index (χ2v) is 9.56. The van der Waals surface area contributed by atoms with Gasteiger partial charge in [-0.3, -0.25) is 9.88 Å². The van der Waals surface area contributed by atoms with Gasteiger partial charge in [-0.05, 0) is 31.0 Å². The van der Waals surface area contributed by atoms with Crippen LogP contribution in [-0.4, -0.2) is 42.9 Å². The van der Waals surface area contributed by atoms with Crippen molar-refractivity contribution in [2.24, 2.45) is 0 Å². The third-order valence-electron chi connectivity index (χ3n) is 4.09. The van der Waals surface area contributed by atoms with Crippen LogP contribution in [0.4, 0.5) is 0 Å². The molecule has 21 heavy (non-hydrogen) atoms. The van der Waals surface area contributed by atoms with E-state index in [1.165, 1.54) is 11.8 Å². The number of hydrogen-bond acceptors (Lipinski definition) is 4. The molecule has 1 fully saturated rings. The van der Waals surface area contributed by atoms with E-state index in [1.807, 2.05) is 6.20 Å². The van der Waals surface area contributed by atoms with Crippen molar-refractivity contribution in [1.29, 1.82) is 0 Å². The standard InChI is InChI=1S/C16H26N2O2S/c1-12-8-13(9-17-15(12)16(2,3)4)10-18-7-6-14(11-18)21(5,19)20/h8-9,14H,6-7,10-11H2,1-5H3. The Labute approximate surface area is 128 Å². The van der Waals surface area contributed by atoms with Gasteiger partial charge in [0.15, 0.2) is 9.84 Å². The highest BCUT2D eigenvalue weighted by Gasteiger charge is 2.30. The van der Waals surface area contributed by atoms with Crippen LogP contribution in [0.25, 0.3) is 0 Å². The number of rotatable bonds is 3. The fraction of sp³-hybridized carbons (Fsp3) is 0.688. The van der Waals surface area contributed by atoms with Gasteiger partial charge in [0, 0.05) is 36.7 Å². The van der Waals surface area contributed by atoms with E-state index in [2.05, 4.69) is 43.6 Å². The normalized spacial score (nSPS) is 20.9. The van der Waals surface area contributed by atoms with Crippen LogP contribution in [0.3, 0.4) is 0 Å². The first-order chi connectivity index (χ1) is 9.57. The molecule has 118 valence electrons. The first-order valence-electron chi connectivity index (χ1n) is 7.44. The van der Waals surface area contributed by atoms with Gasteiger partial charge in [-0.15, -0.1) is 0 Å². The lowest BCUT2D eigenvalue weighted by Crippen LogP contribution is -2.26. The Kier molecular flexibility index (Phi) is 4.45. The van der Waals surface area contributed by atoms with Gasteiger partial charge in [-0.1, -0.05) is 26.8 Å². The summed E-state index contributed by atoms with van der Waals surface area (Å²) in [5.41, 5.74) is 3.55. The summed E-state index contributed by atoms with van der Waals surface area (Å²) < 4.78 is 23.2. The third kappa shape index (κ3) is 4.04. The molecule has 0 aliphatic carbocycles. The zero-order valence-corrected chi connectivity index (χ0v) is 14.5. The van der Waals surface area contributed by atoms with Gasteiger partial charge in [0.1, 0.15) is 0 Å². The second-order valence-electron chi connectivity index (χ2n) is 7.23. The maximum atomic E-state index is 11.6. The van der Waals surface area contributed by atoms with E-state index >= 15 is 0 Å². The maximum absolute atomic E-state index is 11.6. The molecule has 0 spiro atoms. The van der Waals surface area contributed by atoms with Crippen molar-refractivity contribution in [3.8, 4) is 0 Å². The molecule has 0 aromatic carbocycles. The molecule has 0 amide bonds. The monoisotopic (exact) mass is 310 g/mol. The lowest BCUT2D eigenvalue weighted by atomic mass is 9.88. The summed E-state index contributed by atoms with van der Waals surface area (Å²) in [5.74, 6) is 0.